The van der Waals surface area contributed by atoms with Gasteiger partial charge >= 0.3 is 0 Å². The van der Waals surface area contributed by atoms with Crippen molar-refractivity contribution >= 4 is 5.69 Å². The van der Waals surface area contributed by atoms with Gasteiger partial charge in [-0.05, 0) is 13.0 Å². The topological polar surface area (TPSA) is 75.8 Å². The number of hydrogen-bond donors (Lipinski definition) is 2. The van der Waals surface area contributed by atoms with E-state index in [1.165, 1.54) is 6.07 Å². The number of rotatable bonds is 2. The highest BCUT2D eigenvalue weighted by atomic mass is 19.1. The van der Waals surface area contributed by atoms with E-state index in [0.717, 1.165) is 0 Å². The maximum atomic E-state index is 13.6. The minimum Gasteiger partial charge on any atom is -0.398 e. The molecule has 0 bridgehead atoms. The Hall–Kier alpha value is -1.60. The van der Waals surface area contributed by atoms with Gasteiger partial charge < -0.3 is 11.5 Å². The predicted octanol–water partition coefficient (Wildman–Crippen LogP) is 1.63. The molecule has 1 unspecified atom stereocenters. The molecule has 0 aliphatic heterocycles. The van der Waals surface area contributed by atoms with E-state index in [0.29, 0.717) is 16.8 Å². The summed E-state index contributed by atoms with van der Waals surface area (Å²) in [5, 5.41) is 8.44. The number of nitriles is 1. The second kappa shape index (κ2) is 4.07. The second-order valence-electron chi connectivity index (χ2n) is 3.15. The second-order valence-corrected chi connectivity index (χ2v) is 3.15. The third-order valence-corrected chi connectivity index (χ3v) is 2.17. The van der Waals surface area contributed by atoms with Crippen LogP contribution in [0, 0.1) is 24.1 Å². The fourth-order valence-corrected chi connectivity index (χ4v) is 1.22. The number of nitrogens with two attached hydrogens (primary N) is 2. The van der Waals surface area contributed by atoms with Crippen LogP contribution in [0.15, 0.2) is 12.1 Å². The largest absolute Gasteiger partial charge is 0.398 e. The summed E-state index contributed by atoms with van der Waals surface area (Å²) in [7, 11) is 0. The van der Waals surface area contributed by atoms with E-state index in [9.17, 15) is 4.39 Å². The van der Waals surface area contributed by atoms with E-state index in [1.807, 2.05) is 6.07 Å². The first kappa shape index (κ1) is 10.5. The fourth-order valence-electron chi connectivity index (χ4n) is 1.22. The number of nitrogens with zero attached hydrogens (tertiary/aromatic N) is 1. The van der Waals surface area contributed by atoms with Gasteiger partial charge in [-0.1, -0.05) is 6.07 Å². The van der Waals surface area contributed by atoms with Gasteiger partial charge in [-0.25, -0.2) is 4.39 Å². The van der Waals surface area contributed by atoms with Crippen LogP contribution in [0.2, 0.25) is 0 Å². The molecule has 1 aromatic carbocycles. The van der Waals surface area contributed by atoms with Crippen LogP contribution in [0.5, 0.6) is 0 Å². The van der Waals surface area contributed by atoms with Crippen molar-refractivity contribution in [1.82, 2.24) is 0 Å². The van der Waals surface area contributed by atoms with E-state index in [1.54, 1.807) is 13.0 Å². The number of benzene rings is 1. The van der Waals surface area contributed by atoms with Crippen molar-refractivity contribution < 1.29 is 4.39 Å². The number of halogens is 1. The molecule has 0 radical (unpaired) electrons. The normalized spacial score (nSPS) is 12.1. The van der Waals surface area contributed by atoms with Gasteiger partial charge in [-0.15, -0.1) is 0 Å². The Kier molecular flexibility index (Phi) is 3.05. The van der Waals surface area contributed by atoms with Gasteiger partial charge in [-0.2, -0.15) is 5.26 Å². The summed E-state index contributed by atoms with van der Waals surface area (Å²) in [6, 6.07) is 4.45. The summed E-state index contributed by atoms with van der Waals surface area (Å²) in [5.74, 6) is -0.409. The number of nitrogen functional groups attached to an aromatic ring is 1. The zero-order valence-electron chi connectivity index (χ0n) is 7.92. The molecule has 4 heteroatoms. The lowest BCUT2D eigenvalue weighted by Gasteiger charge is -2.12. The SMILES string of the molecule is Cc1c(N)ccc(C(N)CC#N)c1F. The van der Waals surface area contributed by atoms with Gasteiger partial charge in [0.25, 0.3) is 0 Å². The van der Waals surface area contributed by atoms with Crippen LogP contribution in [-0.2, 0) is 0 Å². The average Bonchev–Trinajstić information content (AvgIpc) is 2.15. The Morgan fingerprint density at radius 1 is 1.57 bits per heavy atom. The standard InChI is InChI=1S/C10H12FN3/c1-6-8(13)3-2-7(10(6)11)9(14)4-5-12/h2-3,9H,4,13-14H2,1H3. The predicted molar refractivity (Wildman–Crippen MR) is 52.7 cm³/mol. The van der Waals surface area contributed by atoms with Crippen molar-refractivity contribution in [3.05, 3.63) is 29.1 Å². The first-order chi connectivity index (χ1) is 6.57. The highest BCUT2D eigenvalue weighted by Gasteiger charge is 2.13. The molecule has 0 amide bonds. The summed E-state index contributed by atoms with van der Waals surface area (Å²) >= 11 is 0. The molecule has 0 fully saturated rings. The molecule has 0 aliphatic rings. The first-order valence-electron chi connectivity index (χ1n) is 4.25. The number of hydrogen-bond acceptors (Lipinski definition) is 3. The Labute approximate surface area is 82.1 Å². The highest BCUT2D eigenvalue weighted by molar-refractivity contribution is 5.49. The van der Waals surface area contributed by atoms with E-state index >= 15 is 0 Å². The minimum atomic E-state index is -0.584. The van der Waals surface area contributed by atoms with Crippen molar-refractivity contribution in [3.63, 3.8) is 0 Å². The summed E-state index contributed by atoms with van der Waals surface area (Å²) in [6.07, 6.45) is 0.0975. The lowest BCUT2D eigenvalue weighted by molar-refractivity contribution is 0.578. The van der Waals surface area contributed by atoms with Crippen molar-refractivity contribution in [2.24, 2.45) is 5.73 Å². The first-order valence-corrected chi connectivity index (χ1v) is 4.25. The maximum Gasteiger partial charge on any atom is 0.132 e. The summed E-state index contributed by atoms with van der Waals surface area (Å²) in [5.41, 5.74) is 12.3. The average molecular weight is 193 g/mol. The number of anilines is 1. The third-order valence-electron chi connectivity index (χ3n) is 2.17. The van der Waals surface area contributed by atoms with Crippen LogP contribution in [0.25, 0.3) is 0 Å². The van der Waals surface area contributed by atoms with Gasteiger partial charge in [0.2, 0.25) is 0 Å². The lowest BCUT2D eigenvalue weighted by atomic mass is 10.0. The Morgan fingerprint density at radius 2 is 2.21 bits per heavy atom. The molecule has 0 heterocycles. The molecule has 3 nitrogen and oxygen atoms in total. The Balaban J connectivity index is 3.12. The Bertz CT molecular complexity index is 382. The van der Waals surface area contributed by atoms with Gasteiger partial charge in [-0.3, -0.25) is 0 Å². The summed E-state index contributed by atoms with van der Waals surface area (Å²) in [6.45, 7) is 1.59. The maximum absolute atomic E-state index is 13.6. The van der Waals surface area contributed by atoms with Crippen LogP contribution in [0.1, 0.15) is 23.6 Å². The monoisotopic (exact) mass is 193 g/mol. The molecular formula is C10H12FN3. The van der Waals surface area contributed by atoms with Crippen LogP contribution in [0.3, 0.4) is 0 Å². The van der Waals surface area contributed by atoms with Crippen molar-refractivity contribution in [1.29, 1.82) is 5.26 Å². The molecule has 14 heavy (non-hydrogen) atoms. The van der Waals surface area contributed by atoms with E-state index in [4.69, 9.17) is 16.7 Å². The van der Waals surface area contributed by atoms with Gasteiger partial charge in [0.1, 0.15) is 5.82 Å². The molecule has 1 atom stereocenters. The van der Waals surface area contributed by atoms with Gasteiger partial charge in [0, 0.05) is 22.9 Å². The molecule has 74 valence electrons. The smallest absolute Gasteiger partial charge is 0.132 e. The van der Waals surface area contributed by atoms with Crippen LogP contribution < -0.4 is 11.5 Å². The van der Waals surface area contributed by atoms with E-state index in [-0.39, 0.29) is 6.42 Å². The molecule has 4 N–H and O–H groups in total. The molecular weight excluding hydrogens is 181 g/mol. The molecule has 1 rings (SSSR count). The van der Waals surface area contributed by atoms with Crippen molar-refractivity contribution in [2.45, 2.75) is 19.4 Å². The van der Waals surface area contributed by atoms with Crippen LogP contribution in [-0.4, -0.2) is 0 Å². The fraction of sp³-hybridized carbons (Fsp3) is 0.300. The molecule has 0 spiro atoms. The van der Waals surface area contributed by atoms with Crippen molar-refractivity contribution in [2.75, 3.05) is 5.73 Å². The molecule has 0 saturated heterocycles. The van der Waals surface area contributed by atoms with Crippen LogP contribution >= 0.6 is 0 Å². The zero-order valence-corrected chi connectivity index (χ0v) is 7.92. The molecule has 1 aromatic rings. The Morgan fingerprint density at radius 3 is 2.79 bits per heavy atom. The zero-order chi connectivity index (χ0) is 10.7. The van der Waals surface area contributed by atoms with Crippen LogP contribution in [0.4, 0.5) is 10.1 Å². The molecule has 0 aliphatic carbocycles. The van der Waals surface area contributed by atoms with E-state index in [2.05, 4.69) is 0 Å². The molecule has 0 saturated carbocycles. The minimum absolute atomic E-state index is 0.0975. The third kappa shape index (κ3) is 1.83. The quantitative estimate of drug-likeness (QED) is 0.701. The molecule has 0 aromatic heterocycles. The highest BCUT2D eigenvalue weighted by Crippen LogP contribution is 2.23. The van der Waals surface area contributed by atoms with Gasteiger partial charge in [0.05, 0.1) is 12.5 Å². The summed E-state index contributed by atoms with van der Waals surface area (Å²) < 4.78 is 13.6. The summed E-state index contributed by atoms with van der Waals surface area (Å²) in [4.78, 5) is 0. The van der Waals surface area contributed by atoms with Crippen molar-refractivity contribution in [3.8, 4) is 6.07 Å². The van der Waals surface area contributed by atoms with Gasteiger partial charge in [0.15, 0.2) is 0 Å². The van der Waals surface area contributed by atoms with E-state index < -0.39 is 11.9 Å². The lowest BCUT2D eigenvalue weighted by Crippen LogP contribution is -2.12.